The molecule has 5 heteroatoms. The third-order valence-corrected chi connectivity index (χ3v) is 4.02. The van der Waals surface area contributed by atoms with Crippen LogP contribution in [-0.2, 0) is 9.53 Å². The SMILES string of the molecule is CCC1OC1CCCCCCCC=CC=CC=CC=CC(=O)N=[N+]=[N-]. The van der Waals surface area contributed by atoms with Gasteiger partial charge in [0.1, 0.15) is 0 Å². The average Bonchev–Trinajstić information content (AvgIpc) is 3.37. The van der Waals surface area contributed by atoms with Gasteiger partial charge in [0.15, 0.2) is 0 Å². The summed E-state index contributed by atoms with van der Waals surface area (Å²) in [5.74, 6) is -0.595. The summed E-state index contributed by atoms with van der Waals surface area (Å²) in [6, 6.07) is 0. The Bertz CT molecular complexity index is 543. The summed E-state index contributed by atoms with van der Waals surface area (Å²) in [6.07, 6.45) is 25.5. The molecule has 0 spiro atoms. The van der Waals surface area contributed by atoms with Crippen LogP contribution in [-0.4, -0.2) is 18.1 Å². The topological polar surface area (TPSA) is 78.4 Å². The lowest BCUT2D eigenvalue weighted by Crippen LogP contribution is -1.92. The fourth-order valence-electron chi connectivity index (χ4n) is 2.58. The molecule has 25 heavy (non-hydrogen) atoms. The van der Waals surface area contributed by atoms with Gasteiger partial charge in [0.05, 0.1) is 12.2 Å². The summed E-state index contributed by atoms with van der Waals surface area (Å²) in [4.78, 5) is 13.3. The number of hydrogen-bond donors (Lipinski definition) is 0. The van der Waals surface area contributed by atoms with Gasteiger partial charge in [0.25, 0.3) is 0 Å². The lowest BCUT2D eigenvalue weighted by Gasteiger charge is -1.98. The molecule has 2 atom stereocenters. The minimum atomic E-state index is -0.595. The minimum absolute atomic E-state index is 0.560. The fraction of sp³-hybridized carbons (Fsp3) is 0.550. The van der Waals surface area contributed by atoms with E-state index in [0.29, 0.717) is 12.2 Å². The number of unbranched alkanes of at least 4 members (excludes halogenated alkanes) is 5. The highest BCUT2D eigenvalue weighted by atomic mass is 16.6. The van der Waals surface area contributed by atoms with Gasteiger partial charge in [-0.05, 0) is 42.4 Å². The number of rotatable bonds is 13. The number of epoxide rings is 1. The molecule has 5 nitrogen and oxygen atoms in total. The van der Waals surface area contributed by atoms with Gasteiger partial charge in [-0.25, -0.2) is 0 Å². The molecule has 1 saturated heterocycles. The van der Waals surface area contributed by atoms with Crippen molar-refractivity contribution in [2.45, 2.75) is 70.5 Å². The Labute approximate surface area is 150 Å². The van der Waals surface area contributed by atoms with Crippen LogP contribution in [0.5, 0.6) is 0 Å². The first kappa shape index (κ1) is 20.9. The Kier molecular flexibility index (Phi) is 11.9. The molecule has 1 aliphatic rings. The maximum Gasteiger partial charge on any atom is 0.241 e. The van der Waals surface area contributed by atoms with Gasteiger partial charge in [0.2, 0.25) is 5.91 Å². The molecule has 0 saturated carbocycles. The number of azide groups is 1. The van der Waals surface area contributed by atoms with Crippen molar-refractivity contribution >= 4 is 5.91 Å². The number of amides is 1. The predicted molar refractivity (Wildman–Crippen MR) is 102 cm³/mol. The van der Waals surface area contributed by atoms with Crippen molar-refractivity contribution < 1.29 is 9.53 Å². The van der Waals surface area contributed by atoms with Gasteiger partial charge in [-0.3, -0.25) is 4.79 Å². The van der Waals surface area contributed by atoms with Gasteiger partial charge < -0.3 is 4.74 Å². The Morgan fingerprint density at radius 1 is 1.00 bits per heavy atom. The summed E-state index contributed by atoms with van der Waals surface area (Å²) >= 11 is 0. The number of carbonyl (C=O) groups is 1. The van der Waals surface area contributed by atoms with E-state index >= 15 is 0 Å². The highest BCUT2D eigenvalue weighted by Gasteiger charge is 2.35. The first-order valence-corrected chi connectivity index (χ1v) is 9.19. The molecule has 0 aromatic heterocycles. The smallest absolute Gasteiger partial charge is 0.241 e. The number of allylic oxidation sites excluding steroid dienone is 7. The van der Waals surface area contributed by atoms with E-state index in [9.17, 15) is 4.79 Å². The molecule has 0 N–H and O–H groups in total. The van der Waals surface area contributed by atoms with E-state index in [2.05, 4.69) is 23.0 Å². The van der Waals surface area contributed by atoms with Crippen molar-refractivity contribution in [1.29, 1.82) is 0 Å². The van der Waals surface area contributed by atoms with Crippen molar-refractivity contribution in [2.75, 3.05) is 0 Å². The molecule has 0 aliphatic carbocycles. The van der Waals surface area contributed by atoms with E-state index in [1.165, 1.54) is 44.6 Å². The second-order valence-electron chi connectivity index (χ2n) is 6.05. The van der Waals surface area contributed by atoms with Crippen LogP contribution in [0.1, 0.15) is 58.3 Å². The monoisotopic (exact) mass is 343 g/mol. The Balaban J connectivity index is 1.90. The van der Waals surface area contributed by atoms with Gasteiger partial charge in [-0.15, -0.1) is 0 Å². The number of nitrogens with zero attached hydrogens (tertiary/aromatic N) is 3. The highest BCUT2D eigenvalue weighted by molar-refractivity contribution is 5.88. The van der Waals surface area contributed by atoms with Gasteiger partial charge in [0, 0.05) is 4.91 Å². The van der Waals surface area contributed by atoms with E-state index in [1.807, 2.05) is 24.3 Å². The van der Waals surface area contributed by atoms with Gasteiger partial charge >= 0.3 is 0 Å². The standard InChI is InChI=1S/C20H29N3O2/c1-2-18-19(25-18)16-14-12-10-8-6-4-3-5-7-9-11-13-15-17-20(24)22-23-21/h3,5,7,9,11,13,15,17-19H,2,4,6,8,10,12,14,16H2,1H3. The summed E-state index contributed by atoms with van der Waals surface area (Å²) in [7, 11) is 0. The van der Waals surface area contributed by atoms with Crippen molar-refractivity contribution in [3.8, 4) is 0 Å². The van der Waals surface area contributed by atoms with E-state index in [0.717, 1.165) is 12.8 Å². The molecule has 0 bridgehead atoms. The molecule has 1 amide bonds. The fourth-order valence-corrected chi connectivity index (χ4v) is 2.58. The molecular weight excluding hydrogens is 314 g/mol. The molecule has 0 aromatic carbocycles. The number of ether oxygens (including phenoxy) is 1. The predicted octanol–water partition coefficient (Wildman–Crippen LogP) is 5.96. The molecule has 2 unspecified atom stereocenters. The summed E-state index contributed by atoms with van der Waals surface area (Å²) < 4.78 is 5.54. The average molecular weight is 343 g/mol. The zero-order chi connectivity index (χ0) is 18.2. The third-order valence-electron chi connectivity index (χ3n) is 4.02. The van der Waals surface area contributed by atoms with Crippen LogP contribution < -0.4 is 0 Å². The van der Waals surface area contributed by atoms with E-state index in [-0.39, 0.29) is 0 Å². The molecule has 0 radical (unpaired) electrons. The molecule has 1 heterocycles. The zero-order valence-corrected chi connectivity index (χ0v) is 15.1. The molecule has 1 fully saturated rings. The van der Waals surface area contributed by atoms with E-state index in [1.54, 1.807) is 12.2 Å². The number of carbonyl (C=O) groups excluding carboxylic acids is 1. The Morgan fingerprint density at radius 2 is 1.68 bits per heavy atom. The number of hydrogen-bond acceptors (Lipinski definition) is 2. The summed E-state index contributed by atoms with van der Waals surface area (Å²) in [5, 5.41) is 2.93. The normalized spacial score (nSPS) is 20.0. The Morgan fingerprint density at radius 3 is 2.40 bits per heavy atom. The lowest BCUT2D eigenvalue weighted by molar-refractivity contribution is -0.113. The summed E-state index contributed by atoms with van der Waals surface area (Å²) in [6.45, 7) is 2.19. The Hall–Kier alpha value is -2.10. The maximum absolute atomic E-state index is 10.8. The van der Waals surface area contributed by atoms with Crippen LogP contribution in [0, 0.1) is 0 Å². The zero-order valence-electron chi connectivity index (χ0n) is 15.1. The molecule has 136 valence electrons. The van der Waals surface area contributed by atoms with Gasteiger partial charge in [-0.2, -0.15) is 0 Å². The minimum Gasteiger partial charge on any atom is -0.370 e. The van der Waals surface area contributed by atoms with Crippen LogP contribution >= 0.6 is 0 Å². The first-order valence-electron chi connectivity index (χ1n) is 9.19. The van der Waals surface area contributed by atoms with Crippen LogP contribution in [0.3, 0.4) is 0 Å². The van der Waals surface area contributed by atoms with Crippen molar-refractivity contribution in [3.63, 3.8) is 0 Å². The van der Waals surface area contributed by atoms with E-state index < -0.39 is 5.91 Å². The first-order chi connectivity index (χ1) is 12.3. The van der Waals surface area contributed by atoms with Crippen molar-refractivity contribution in [1.82, 2.24) is 0 Å². The second-order valence-corrected chi connectivity index (χ2v) is 6.05. The third kappa shape index (κ3) is 12.0. The molecule has 1 aliphatic heterocycles. The van der Waals surface area contributed by atoms with Crippen LogP contribution in [0.4, 0.5) is 0 Å². The highest BCUT2D eigenvalue weighted by Crippen LogP contribution is 2.29. The maximum atomic E-state index is 10.8. The quantitative estimate of drug-likeness (QED) is 0.0787. The van der Waals surface area contributed by atoms with Gasteiger partial charge in [-0.1, -0.05) is 75.1 Å². The van der Waals surface area contributed by atoms with Crippen LogP contribution in [0.2, 0.25) is 0 Å². The van der Waals surface area contributed by atoms with Crippen molar-refractivity contribution in [2.24, 2.45) is 5.11 Å². The lowest BCUT2D eigenvalue weighted by atomic mass is 10.1. The van der Waals surface area contributed by atoms with E-state index in [4.69, 9.17) is 10.3 Å². The largest absolute Gasteiger partial charge is 0.370 e. The molecule has 1 rings (SSSR count). The van der Waals surface area contributed by atoms with Crippen LogP contribution in [0.25, 0.3) is 10.4 Å². The van der Waals surface area contributed by atoms with Crippen molar-refractivity contribution in [3.05, 3.63) is 59.1 Å². The summed E-state index contributed by atoms with van der Waals surface area (Å²) in [5.41, 5.74) is 8.05. The second kappa shape index (κ2) is 14.3. The molecular formula is C20H29N3O2. The molecule has 0 aromatic rings. The van der Waals surface area contributed by atoms with Crippen LogP contribution in [0.15, 0.2) is 53.7 Å².